The number of hydrogen-bond acceptors (Lipinski definition) is 6. The second kappa shape index (κ2) is 6.83. The lowest BCUT2D eigenvalue weighted by Crippen LogP contribution is -2.44. The predicted molar refractivity (Wildman–Crippen MR) is 97.8 cm³/mol. The number of hydrogen-bond donors (Lipinski definition) is 1. The van der Waals surface area contributed by atoms with E-state index in [1.54, 1.807) is 40.7 Å². The number of carbonyl (C=O) groups is 1. The summed E-state index contributed by atoms with van der Waals surface area (Å²) in [5, 5.41) is 6.75. The molecule has 3 rings (SSSR count). The number of anilines is 1. The molecule has 0 spiro atoms. The van der Waals surface area contributed by atoms with Gasteiger partial charge in [-0.3, -0.25) is 0 Å². The zero-order chi connectivity index (χ0) is 19.8. The van der Waals surface area contributed by atoms with Crippen molar-refractivity contribution in [3.05, 3.63) is 41.3 Å². The van der Waals surface area contributed by atoms with Gasteiger partial charge >= 0.3 is 6.09 Å². The van der Waals surface area contributed by atoms with E-state index in [2.05, 4.69) is 15.5 Å². The quantitative estimate of drug-likeness (QED) is 0.879. The monoisotopic (exact) mass is 376 g/mol. The number of rotatable bonds is 4. The molecule has 0 atom stereocenters. The van der Waals surface area contributed by atoms with Gasteiger partial charge in [-0.2, -0.15) is 4.98 Å². The maximum atomic E-state index is 13.5. The molecule has 1 N–H and O–H groups in total. The van der Waals surface area contributed by atoms with Gasteiger partial charge in [-0.1, -0.05) is 11.2 Å². The fourth-order valence-electron chi connectivity index (χ4n) is 2.93. The number of fused-ring (bicyclic) bond motifs is 1. The molecule has 146 valence electrons. The highest BCUT2D eigenvalue weighted by Crippen LogP contribution is 2.30. The zero-order valence-electron chi connectivity index (χ0n) is 16.3. The van der Waals surface area contributed by atoms with Crippen molar-refractivity contribution < 1.29 is 18.4 Å². The van der Waals surface area contributed by atoms with E-state index >= 15 is 0 Å². The van der Waals surface area contributed by atoms with Crippen LogP contribution in [-0.2, 0) is 23.2 Å². The van der Waals surface area contributed by atoms with Crippen molar-refractivity contribution in [2.75, 3.05) is 11.4 Å². The third-order valence-electron chi connectivity index (χ3n) is 4.21. The van der Waals surface area contributed by atoms with E-state index < -0.39 is 17.2 Å². The molecule has 0 fully saturated rings. The van der Waals surface area contributed by atoms with Gasteiger partial charge in [-0.05, 0) is 58.7 Å². The van der Waals surface area contributed by atoms with Crippen molar-refractivity contribution in [1.29, 1.82) is 0 Å². The van der Waals surface area contributed by atoms with Crippen LogP contribution in [0.15, 0.2) is 22.7 Å². The molecule has 0 bridgehead atoms. The molecule has 0 unspecified atom stereocenters. The minimum Gasteiger partial charge on any atom is -0.444 e. The lowest BCUT2D eigenvalue weighted by atomic mass is 10.1. The Morgan fingerprint density at radius 1 is 1.33 bits per heavy atom. The largest absolute Gasteiger partial charge is 0.444 e. The van der Waals surface area contributed by atoms with E-state index in [1.165, 1.54) is 12.1 Å². The Bertz CT molecular complexity index is 842. The molecule has 1 aromatic heterocycles. The van der Waals surface area contributed by atoms with Gasteiger partial charge < -0.3 is 19.5 Å². The summed E-state index contributed by atoms with van der Waals surface area (Å²) in [6, 6.07) is 4.80. The lowest BCUT2D eigenvalue weighted by Gasteiger charge is -2.26. The summed E-state index contributed by atoms with van der Waals surface area (Å²) in [6.07, 6.45) is 0.297. The zero-order valence-corrected chi connectivity index (χ0v) is 16.3. The molecule has 1 aliphatic rings. The maximum absolute atomic E-state index is 13.5. The van der Waals surface area contributed by atoms with Crippen LogP contribution in [0.3, 0.4) is 0 Å². The molecule has 0 saturated heterocycles. The van der Waals surface area contributed by atoms with Crippen LogP contribution in [0.5, 0.6) is 0 Å². The highest BCUT2D eigenvalue weighted by atomic mass is 19.1. The third-order valence-corrected chi connectivity index (χ3v) is 4.21. The first kappa shape index (κ1) is 19.1. The van der Waals surface area contributed by atoms with Crippen LogP contribution in [0.1, 0.15) is 51.9 Å². The molecule has 2 aromatic rings. The number of alkyl carbamates (subject to hydrolysis) is 1. The van der Waals surface area contributed by atoms with Crippen molar-refractivity contribution >= 4 is 11.8 Å². The molecule has 0 aliphatic carbocycles. The maximum Gasteiger partial charge on any atom is 0.408 e. The smallest absolute Gasteiger partial charge is 0.408 e. The van der Waals surface area contributed by atoms with Gasteiger partial charge in [0.15, 0.2) is 5.82 Å². The lowest BCUT2D eigenvalue weighted by molar-refractivity contribution is 0.0465. The van der Waals surface area contributed by atoms with E-state index in [0.29, 0.717) is 18.3 Å². The van der Waals surface area contributed by atoms with Crippen LogP contribution in [0.4, 0.5) is 14.9 Å². The number of nitrogens with zero attached hydrogens (tertiary/aromatic N) is 3. The number of aromatic nitrogens is 2. The summed E-state index contributed by atoms with van der Waals surface area (Å²) in [7, 11) is 0. The Labute approximate surface area is 157 Å². The summed E-state index contributed by atoms with van der Waals surface area (Å²) in [5.41, 5.74) is 0.490. The molecular weight excluding hydrogens is 351 g/mol. The standard InChI is InChI=1S/C19H25FN4O3/c1-18(2,3)26-17(25)22-19(4,5)16-21-15(27-23-16)11-24-9-8-12-6-7-13(20)10-14(12)24/h6-7,10H,8-9,11H2,1-5H3,(H,22,25). The van der Waals surface area contributed by atoms with Crippen LogP contribution < -0.4 is 10.2 Å². The van der Waals surface area contributed by atoms with Crippen molar-refractivity contribution in [2.24, 2.45) is 0 Å². The molecule has 1 aliphatic heterocycles. The molecule has 1 aromatic carbocycles. The second-order valence-electron chi connectivity index (χ2n) is 8.21. The van der Waals surface area contributed by atoms with E-state index in [4.69, 9.17) is 9.26 Å². The van der Waals surface area contributed by atoms with Crippen molar-refractivity contribution in [3.8, 4) is 0 Å². The van der Waals surface area contributed by atoms with Gasteiger partial charge in [-0.25, -0.2) is 9.18 Å². The second-order valence-corrected chi connectivity index (χ2v) is 8.21. The van der Waals surface area contributed by atoms with Crippen LogP contribution in [0.2, 0.25) is 0 Å². The Morgan fingerprint density at radius 3 is 2.78 bits per heavy atom. The molecule has 2 heterocycles. The average molecular weight is 376 g/mol. The van der Waals surface area contributed by atoms with Crippen molar-refractivity contribution in [3.63, 3.8) is 0 Å². The first-order valence-corrected chi connectivity index (χ1v) is 8.91. The molecule has 7 nitrogen and oxygen atoms in total. The minimum absolute atomic E-state index is 0.269. The topological polar surface area (TPSA) is 80.5 Å². The highest BCUT2D eigenvalue weighted by Gasteiger charge is 2.31. The summed E-state index contributed by atoms with van der Waals surface area (Å²) in [5.74, 6) is 0.484. The van der Waals surface area contributed by atoms with Crippen LogP contribution in [-0.4, -0.2) is 28.4 Å². The van der Waals surface area contributed by atoms with E-state index in [9.17, 15) is 9.18 Å². The van der Waals surface area contributed by atoms with Crippen LogP contribution in [0, 0.1) is 5.82 Å². The van der Waals surface area contributed by atoms with Gasteiger partial charge in [0.2, 0.25) is 5.89 Å². The summed E-state index contributed by atoms with van der Waals surface area (Å²) >= 11 is 0. The van der Waals surface area contributed by atoms with Crippen molar-refractivity contribution in [2.45, 2.75) is 58.7 Å². The van der Waals surface area contributed by atoms with Gasteiger partial charge in [0.25, 0.3) is 0 Å². The van der Waals surface area contributed by atoms with Crippen LogP contribution in [0.25, 0.3) is 0 Å². The van der Waals surface area contributed by atoms with E-state index in [-0.39, 0.29) is 5.82 Å². The predicted octanol–water partition coefficient (Wildman–Crippen LogP) is 3.53. The van der Waals surface area contributed by atoms with Gasteiger partial charge in [0.05, 0.1) is 6.54 Å². The average Bonchev–Trinajstić information content (AvgIpc) is 3.13. The Balaban J connectivity index is 1.68. The Kier molecular flexibility index (Phi) is 4.84. The van der Waals surface area contributed by atoms with Gasteiger partial charge in [0.1, 0.15) is 17.0 Å². The first-order valence-electron chi connectivity index (χ1n) is 8.91. The van der Waals surface area contributed by atoms with E-state index in [1.807, 2.05) is 4.90 Å². The number of carbonyl (C=O) groups excluding carboxylic acids is 1. The Hall–Kier alpha value is -2.64. The SMILES string of the molecule is CC(C)(C)OC(=O)NC(C)(C)c1noc(CN2CCc3ccc(F)cc32)n1. The number of benzene rings is 1. The number of nitrogens with one attached hydrogen (secondary N) is 1. The molecule has 8 heteroatoms. The summed E-state index contributed by atoms with van der Waals surface area (Å²) < 4.78 is 24.2. The minimum atomic E-state index is -0.862. The fraction of sp³-hybridized carbons (Fsp3) is 0.526. The molecule has 27 heavy (non-hydrogen) atoms. The molecular formula is C19H25FN4O3. The molecule has 1 amide bonds. The summed E-state index contributed by atoms with van der Waals surface area (Å²) in [4.78, 5) is 18.4. The first-order chi connectivity index (χ1) is 12.5. The van der Waals surface area contributed by atoms with Crippen molar-refractivity contribution in [1.82, 2.24) is 15.5 Å². The number of ether oxygens (including phenoxy) is 1. The summed E-state index contributed by atoms with van der Waals surface area (Å²) in [6.45, 7) is 10.1. The van der Waals surface area contributed by atoms with Gasteiger partial charge in [-0.15, -0.1) is 0 Å². The molecule has 0 saturated carbocycles. The third kappa shape index (κ3) is 4.56. The van der Waals surface area contributed by atoms with E-state index in [0.717, 1.165) is 24.2 Å². The normalized spacial score (nSPS) is 14.2. The number of amides is 1. The fourth-order valence-corrected chi connectivity index (χ4v) is 2.93. The van der Waals surface area contributed by atoms with Crippen LogP contribution >= 0.6 is 0 Å². The number of halogens is 1. The van der Waals surface area contributed by atoms with Gasteiger partial charge in [0, 0.05) is 12.2 Å². The Morgan fingerprint density at radius 2 is 2.07 bits per heavy atom. The molecule has 0 radical (unpaired) electrons. The highest BCUT2D eigenvalue weighted by molar-refractivity contribution is 5.68.